The Kier molecular flexibility index (Phi) is 6.48. The Balaban J connectivity index is 1.70. The normalized spacial score (nSPS) is 10.9. The monoisotopic (exact) mass is 312 g/mol. The first kappa shape index (κ1) is 16.9. The predicted octanol–water partition coefficient (Wildman–Crippen LogP) is 3.63. The van der Waals surface area contributed by atoms with Gasteiger partial charge in [0.2, 0.25) is 5.91 Å². The Morgan fingerprint density at radius 3 is 2.65 bits per heavy atom. The summed E-state index contributed by atoms with van der Waals surface area (Å²) >= 11 is 0. The number of nitrogens with zero attached hydrogens (tertiary/aromatic N) is 1. The number of aryl methyl sites for hydroxylation is 1. The van der Waals surface area contributed by atoms with Gasteiger partial charge in [-0.2, -0.15) is 0 Å². The van der Waals surface area contributed by atoms with E-state index in [4.69, 9.17) is 4.42 Å². The number of rotatable bonds is 8. The molecule has 1 amide bonds. The lowest BCUT2D eigenvalue weighted by molar-refractivity contribution is -0.116. The number of hydrogen-bond donors (Lipinski definition) is 1. The van der Waals surface area contributed by atoms with Crippen molar-refractivity contribution in [2.75, 3.05) is 24.5 Å². The van der Waals surface area contributed by atoms with E-state index in [1.807, 2.05) is 37.3 Å². The van der Waals surface area contributed by atoms with Gasteiger partial charge in [-0.05, 0) is 50.6 Å². The van der Waals surface area contributed by atoms with Crippen LogP contribution in [0.5, 0.6) is 0 Å². The van der Waals surface area contributed by atoms with E-state index in [1.165, 1.54) is 11.8 Å². The Hall–Kier alpha value is -2.49. The number of benzene rings is 1. The van der Waals surface area contributed by atoms with Gasteiger partial charge >= 0.3 is 0 Å². The van der Waals surface area contributed by atoms with Crippen LogP contribution in [0, 0.1) is 6.92 Å². The van der Waals surface area contributed by atoms with Crippen molar-refractivity contribution in [3.8, 4) is 0 Å². The van der Waals surface area contributed by atoms with Gasteiger partial charge < -0.3 is 14.6 Å². The van der Waals surface area contributed by atoms with Crippen LogP contribution < -0.4 is 10.2 Å². The minimum absolute atomic E-state index is 0.0955. The quantitative estimate of drug-likeness (QED) is 0.598. The van der Waals surface area contributed by atoms with Gasteiger partial charge in [-0.1, -0.05) is 18.2 Å². The molecule has 0 unspecified atom stereocenters. The van der Waals surface area contributed by atoms with Gasteiger partial charge in [0, 0.05) is 31.4 Å². The van der Waals surface area contributed by atoms with Crippen LogP contribution in [-0.4, -0.2) is 25.5 Å². The summed E-state index contributed by atoms with van der Waals surface area (Å²) in [4.78, 5) is 14.1. The molecule has 122 valence electrons. The second-order valence-corrected chi connectivity index (χ2v) is 5.34. The second-order valence-electron chi connectivity index (χ2n) is 5.34. The highest BCUT2D eigenvalue weighted by Gasteiger charge is 2.03. The molecule has 0 atom stereocenters. The van der Waals surface area contributed by atoms with E-state index < -0.39 is 0 Å². The van der Waals surface area contributed by atoms with E-state index in [1.54, 1.807) is 6.08 Å². The van der Waals surface area contributed by atoms with Crippen molar-refractivity contribution in [1.29, 1.82) is 0 Å². The van der Waals surface area contributed by atoms with E-state index in [-0.39, 0.29) is 5.91 Å². The van der Waals surface area contributed by atoms with Gasteiger partial charge in [0.1, 0.15) is 11.5 Å². The molecule has 1 aromatic heterocycles. The molecule has 4 nitrogen and oxygen atoms in total. The third-order valence-electron chi connectivity index (χ3n) is 3.57. The molecule has 0 radical (unpaired) electrons. The van der Waals surface area contributed by atoms with Crippen LogP contribution in [0.2, 0.25) is 0 Å². The Morgan fingerprint density at radius 1 is 1.22 bits per heavy atom. The zero-order chi connectivity index (χ0) is 16.5. The van der Waals surface area contributed by atoms with E-state index in [9.17, 15) is 4.79 Å². The lowest BCUT2D eigenvalue weighted by atomic mass is 10.2. The lowest BCUT2D eigenvalue weighted by Gasteiger charge is -2.23. The SMILES string of the molecule is CCN(CCCNC(=O)/C=C/c1ccc(C)o1)c1ccccc1. The molecule has 0 aliphatic heterocycles. The van der Waals surface area contributed by atoms with Crippen molar-refractivity contribution >= 4 is 17.7 Å². The maximum absolute atomic E-state index is 11.8. The zero-order valence-corrected chi connectivity index (χ0v) is 13.8. The fourth-order valence-electron chi connectivity index (χ4n) is 2.35. The lowest BCUT2D eigenvalue weighted by Crippen LogP contribution is -2.29. The van der Waals surface area contributed by atoms with Crippen molar-refractivity contribution < 1.29 is 9.21 Å². The highest BCUT2D eigenvalue weighted by molar-refractivity contribution is 5.91. The fourth-order valence-corrected chi connectivity index (χ4v) is 2.35. The molecule has 1 heterocycles. The van der Waals surface area contributed by atoms with Crippen LogP contribution in [0.1, 0.15) is 24.9 Å². The predicted molar refractivity (Wildman–Crippen MR) is 94.4 cm³/mol. The minimum Gasteiger partial charge on any atom is -0.462 e. The Bertz CT molecular complexity index is 632. The average Bonchev–Trinajstić information content (AvgIpc) is 2.99. The van der Waals surface area contributed by atoms with E-state index in [2.05, 4.69) is 29.3 Å². The van der Waals surface area contributed by atoms with Crippen LogP contribution >= 0.6 is 0 Å². The number of furan rings is 1. The number of amides is 1. The first-order valence-corrected chi connectivity index (χ1v) is 8.01. The molecule has 1 N–H and O–H groups in total. The Morgan fingerprint density at radius 2 is 2.00 bits per heavy atom. The van der Waals surface area contributed by atoms with E-state index >= 15 is 0 Å². The number of hydrogen-bond acceptors (Lipinski definition) is 3. The molecular formula is C19H24N2O2. The van der Waals surface area contributed by atoms with Crippen molar-refractivity contribution in [2.45, 2.75) is 20.3 Å². The van der Waals surface area contributed by atoms with Crippen LogP contribution in [0.4, 0.5) is 5.69 Å². The summed E-state index contributed by atoms with van der Waals surface area (Å²) in [6.45, 7) is 6.55. The van der Waals surface area contributed by atoms with Gasteiger partial charge in [-0.3, -0.25) is 4.79 Å². The highest BCUT2D eigenvalue weighted by atomic mass is 16.3. The molecule has 2 rings (SSSR count). The van der Waals surface area contributed by atoms with Crippen molar-refractivity contribution in [3.63, 3.8) is 0 Å². The van der Waals surface area contributed by atoms with Crippen LogP contribution in [-0.2, 0) is 4.79 Å². The Labute approximate surface area is 137 Å². The molecule has 0 aliphatic carbocycles. The maximum atomic E-state index is 11.8. The highest BCUT2D eigenvalue weighted by Crippen LogP contribution is 2.12. The van der Waals surface area contributed by atoms with Gasteiger partial charge in [0.15, 0.2) is 0 Å². The first-order chi connectivity index (χ1) is 11.2. The standard InChI is InChI=1S/C19H24N2O2/c1-3-21(17-8-5-4-6-9-17)15-7-14-20-19(22)13-12-18-11-10-16(2)23-18/h4-6,8-13H,3,7,14-15H2,1-2H3,(H,20,22)/b13-12+. The van der Waals surface area contributed by atoms with Gasteiger partial charge in [-0.25, -0.2) is 0 Å². The summed E-state index contributed by atoms with van der Waals surface area (Å²) in [7, 11) is 0. The number of carbonyl (C=O) groups excluding carboxylic acids is 1. The molecule has 2 aromatic rings. The zero-order valence-electron chi connectivity index (χ0n) is 13.8. The molecule has 4 heteroatoms. The number of carbonyl (C=O) groups is 1. The van der Waals surface area contributed by atoms with Gasteiger partial charge in [0.05, 0.1) is 0 Å². The first-order valence-electron chi connectivity index (χ1n) is 8.01. The van der Waals surface area contributed by atoms with Crippen LogP contribution in [0.25, 0.3) is 6.08 Å². The van der Waals surface area contributed by atoms with Crippen LogP contribution in [0.3, 0.4) is 0 Å². The molecule has 0 spiro atoms. The molecule has 0 aliphatic rings. The molecule has 0 saturated heterocycles. The molecular weight excluding hydrogens is 288 g/mol. The molecule has 23 heavy (non-hydrogen) atoms. The second kappa shape index (κ2) is 8.83. The smallest absolute Gasteiger partial charge is 0.244 e. The molecule has 0 bridgehead atoms. The van der Waals surface area contributed by atoms with Crippen molar-refractivity contribution in [1.82, 2.24) is 5.32 Å². The third kappa shape index (κ3) is 5.66. The maximum Gasteiger partial charge on any atom is 0.244 e. The average molecular weight is 312 g/mol. The number of para-hydroxylation sites is 1. The summed E-state index contributed by atoms with van der Waals surface area (Å²) in [6, 6.07) is 14.0. The number of anilines is 1. The van der Waals surface area contributed by atoms with Crippen LogP contribution in [0.15, 0.2) is 53.0 Å². The van der Waals surface area contributed by atoms with Crippen molar-refractivity contribution in [2.24, 2.45) is 0 Å². The summed E-state index contributed by atoms with van der Waals surface area (Å²) in [5.74, 6) is 1.44. The molecule has 0 saturated carbocycles. The summed E-state index contributed by atoms with van der Waals surface area (Å²) < 4.78 is 5.38. The minimum atomic E-state index is -0.0955. The van der Waals surface area contributed by atoms with Crippen molar-refractivity contribution in [3.05, 3.63) is 60.1 Å². The molecule has 1 aromatic carbocycles. The summed E-state index contributed by atoms with van der Waals surface area (Å²) in [5, 5.41) is 2.90. The summed E-state index contributed by atoms with van der Waals surface area (Å²) in [5.41, 5.74) is 1.22. The van der Waals surface area contributed by atoms with Gasteiger partial charge in [0.25, 0.3) is 0 Å². The third-order valence-corrected chi connectivity index (χ3v) is 3.57. The molecule has 0 fully saturated rings. The van der Waals surface area contributed by atoms with Gasteiger partial charge in [-0.15, -0.1) is 0 Å². The summed E-state index contributed by atoms with van der Waals surface area (Å²) in [6.07, 6.45) is 4.10. The topological polar surface area (TPSA) is 45.5 Å². The van der Waals surface area contributed by atoms with E-state index in [0.29, 0.717) is 12.3 Å². The number of nitrogens with one attached hydrogen (secondary N) is 1. The van der Waals surface area contributed by atoms with E-state index in [0.717, 1.165) is 25.3 Å². The fraction of sp³-hybridized carbons (Fsp3) is 0.316. The largest absolute Gasteiger partial charge is 0.462 e.